The second kappa shape index (κ2) is 5.62. The fraction of sp³-hybridized carbons (Fsp3) is 0.800. The number of rotatable bonds is 5. The molecule has 1 fully saturated rings. The molecule has 0 radical (unpaired) electrons. The summed E-state index contributed by atoms with van der Waals surface area (Å²) < 4.78 is 4.74. The molecule has 0 aromatic carbocycles. The molecule has 4 nitrogen and oxygen atoms in total. The highest BCUT2D eigenvalue weighted by Crippen LogP contribution is 2.06. The highest BCUT2D eigenvalue weighted by molar-refractivity contribution is 5.85. The Kier molecular flexibility index (Phi) is 4.43. The van der Waals surface area contributed by atoms with E-state index in [1.165, 1.54) is 0 Å². The summed E-state index contributed by atoms with van der Waals surface area (Å²) >= 11 is 0. The van der Waals surface area contributed by atoms with Crippen molar-refractivity contribution in [2.75, 3.05) is 6.61 Å². The largest absolute Gasteiger partial charge is 0.464 e. The minimum Gasteiger partial charge on any atom is -0.464 e. The number of carbonyl (C=O) groups is 2. The summed E-state index contributed by atoms with van der Waals surface area (Å²) in [6.07, 6.45) is 4.17. The van der Waals surface area contributed by atoms with Crippen molar-refractivity contribution < 1.29 is 14.3 Å². The van der Waals surface area contributed by atoms with Gasteiger partial charge in [0.1, 0.15) is 6.04 Å². The SMILES string of the molecule is CCCCCC(=O)N[C@H]1CCOC1=O. The Morgan fingerprint density at radius 2 is 2.36 bits per heavy atom. The van der Waals surface area contributed by atoms with Gasteiger partial charge in [-0.05, 0) is 6.42 Å². The lowest BCUT2D eigenvalue weighted by Gasteiger charge is -2.07. The number of hydrogen-bond donors (Lipinski definition) is 1. The van der Waals surface area contributed by atoms with Crippen molar-refractivity contribution in [2.45, 2.75) is 45.1 Å². The van der Waals surface area contributed by atoms with Gasteiger partial charge in [0.15, 0.2) is 0 Å². The van der Waals surface area contributed by atoms with Crippen LogP contribution in [0.25, 0.3) is 0 Å². The first-order valence-corrected chi connectivity index (χ1v) is 5.20. The molecule has 1 rings (SSSR count). The Morgan fingerprint density at radius 1 is 1.57 bits per heavy atom. The smallest absolute Gasteiger partial charge is 0.328 e. The number of hydrogen-bond acceptors (Lipinski definition) is 3. The topological polar surface area (TPSA) is 55.4 Å². The highest BCUT2D eigenvalue weighted by atomic mass is 16.5. The molecule has 1 heterocycles. The van der Waals surface area contributed by atoms with Crippen molar-refractivity contribution in [3.8, 4) is 0 Å². The molecule has 0 unspecified atom stereocenters. The van der Waals surface area contributed by atoms with Gasteiger partial charge in [-0.1, -0.05) is 19.8 Å². The van der Waals surface area contributed by atoms with Gasteiger partial charge in [-0.3, -0.25) is 4.79 Å². The Balaban J connectivity index is 2.16. The standard InChI is InChI=1S/C10H17NO3/c1-2-3-4-5-9(12)11-8-6-7-14-10(8)13/h8H,2-7H2,1H3,(H,11,12)/t8-/m0/s1. The minimum absolute atomic E-state index is 0.0395. The maximum absolute atomic E-state index is 11.3. The zero-order valence-electron chi connectivity index (χ0n) is 8.54. The normalized spacial score (nSPS) is 20.6. The van der Waals surface area contributed by atoms with Crippen molar-refractivity contribution in [1.82, 2.24) is 5.32 Å². The van der Waals surface area contributed by atoms with E-state index >= 15 is 0 Å². The molecule has 0 bridgehead atoms. The molecule has 14 heavy (non-hydrogen) atoms. The molecule has 0 aromatic heterocycles. The lowest BCUT2D eigenvalue weighted by Crippen LogP contribution is -2.37. The van der Waals surface area contributed by atoms with Crippen LogP contribution in [0.4, 0.5) is 0 Å². The number of nitrogens with one attached hydrogen (secondary N) is 1. The van der Waals surface area contributed by atoms with Crippen LogP contribution in [0.1, 0.15) is 39.0 Å². The second-order valence-electron chi connectivity index (χ2n) is 3.53. The van der Waals surface area contributed by atoms with Crippen LogP contribution in [0.15, 0.2) is 0 Å². The summed E-state index contributed by atoms with van der Waals surface area (Å²) in [5.74, 6) is -0.337. The summed E-state index contributed by atoms with van der Waals surface area (Å²) in [6.45, 7) is 2.52. The number of cyclic esters (lactones) is 1. The van der Waals surface area contributed by atoms with E-state index in [0.29, 0.717) is 19.4 Å². The van der Waals surface area contributed by atoms with Crippen LogP contribution in [0.5, 0.6) is 0 Å². The first kappa shape index (κ1) is 11.0. The first-order chi connectivity index (χ1) is 6.74. The minimum atomic E-state index is -0.399. The molecule has 1 saturated heterocycles. The fourth-order valence-electron chi connectivity index (χ4n) is 1.43. The third kappa shape index (κ3) is 3.36. The molecule has 0 saturated carbocycles. The fourth-order valence-corrected chi connectivity index (χ4v) is 1.43. The summed E-state index contributed by atoms with van der Waals surface area (Å²) in [6, 6.07) is -0.399. The van der Waals surface area contributed by atoms with Gasteiger partial charge in [-0.2, -0.15) is 0 Å². The lowest BCUT2D eigenvalue weighted by atomic mass is 10.2. The monoisotopic (exact) mass is 199 g/mol. The van der Waals surface area contributed by atoms with Crippen molar-refractivity contribution in [3.05, 3.63) is 0 Å². The number of esters is 1. The van der Waals surface area contributed by atoms with Crippen molar-refractivity contribution in [3.63, 3.8) is 0 Å². The summed E-state index contributed by atoms with van der Waals surface area (Å²) in [5.41, 5.74) is 0. The van der Waals surface area contributed by atoms with E-state index in [4.69, 9.17) is 4.74 Å². The summed E-state index contributed by atoms with van der Waals surface area (Å²) in [7, 11) is 0. The van der Waals surface area contributed by atoms with Crippen LogP contribution < -0.4 is 5.32 Å². The number of ether oxygens (including phenoxy) is 1. The Bertz CT molecular complexity index is 215. The predicted octanol–water partition coefficient (Wildman–Crippen LogP) is 0.998. The number of amides is 1. The average molecular weight is 199 g/mol. The summed E-state index contributed by atoms with van der Waals surface area (Å²) in [4.78, 5) is 22.3. The Labute approximate surface area is 84.0 Å². The van der Waals surface area contributed by atoms with E-state index in [2.05, 4.69) is 12.2 Å². The lowest BCUT2D eigenvalue weighted by molar-refractivity contribution is -0.141. The molecular formula is C10H17NO3. The molecule has 0 aliphatic carbocycles. The zero-order chi connectivity index (χ0) is 10.4. The summed E-state index contributed by atoms with van der Waals surface area (Å²) in [5, 5.41) is 2.67. The van der Waals surface area contributed by atoms with Crippen molar-refractivity contribution in [1.29, 1.82) is 0 Å². The van der Waals surface area contributed by atoms with E-state index in [1.54, 1.807) is 0 Å². The Hall–Kier alpha value is -1.06. The second-order valence-corrected chi connectivity index (χ2v) is 3.53. The van der Waals surface area contributed by atoms with Crippen LogP contribution in [0.2, 0.25) is 0 Å². The van der Waals surface area contributed by atoms with Crippen LogP contribution in [0.3, 0.4) is 0 Å². The molecule has 1 amide bonds. The maximum Gasteiger partial charge on any atom is 0.328 e. The number of carbonyl (C=O) groups excluding carboxylic acids is 2. The molecule has 80 valence electrons. The predicted molar refractivity (Wildman–Crippen MR) is 51.6 cm³/mol. The molecule has 1 aliphatic rings. The number of unbranched alkanes of at least 4 members (excludes halogenated alkanes) is 2. The van der Waals surface area contributed by atoms with E-state index in [0.717, 1.165) is 19.3 Å². The van der Waals surface area contributed by atoms with Gasteiger partial charge in [0, 0.05) is 12.8 Å². The first-order valence-electron chi connectivity index (χ1n) is 5.20. The molecule has 0 aromatic rings. The van der Waals surface area contributed by atoms with Crippen LogP contribution in [0, 0.1) is 0 Å². The zero-order valence-corrected chi connectivity index (χ0v) is 8.54. The van der Waals surface area contributed by atoms with E-state index in [-0.39, 0.29) is 11.9 Å². The molecular weight excluding hydrogens is 182 g/mol. The molecule has 4 heteroatoms. The van der Waals surface area contributed by atoms with E-state index in [9.17, 15) is 9.59 Å². The van der Waals surface area contributed by atoms with Crippen LogP contribution in [-0.2, 0) is 14.3 Å². The molecule has 1 atom stereocenters. The molecule has 1 N–H and O–H groups in total. The van der Waals surface area contributed by atoms with Crippen LogP contribution in [-0.4, -0.2) is 24.5 Å². The third-order valence-corrected chi connectivity index (χ3v) is 2.28. The van der Waals surface area contributed by atoms with E-state index in [1.807, 2.05) is 0 Å². The van der Waals surface area contributed by atoms with Gasteiger partial charge in [0.05, 0.1) is 6.61 Å². The van der Waals surface area contributed by atoms with Crippen molar-refractivity contribution in [2.24, 2.45) is 0 Å². The van der Waals surface area contributed by atoms with Gasteiger partial charge in [-0.25, -0.2) is 4.79 Å². The highest BCUT2D eigenvalue weighted by Gasteiger charge is 2.27. The van der Waals surface area contributed by atoms with E-state index < -0.39 is 6.04 Å². The Morgan fingerprint density at radius 3 is 2.93 bits per heavy atom. The van der Waals surface area contributed by atoms with Gasteiger partial charge in [0.25, 0.3) is 0 Å². The third-order valence-electron chi connectivity index (χ3n) is 2.28. The van der Waals surface area contributed by atoms with Gasteiger partial charge in [-0.15, -0.1) is 0 Å². The maximum atomic E-state index is 11.3. The quantitative estimate of drug-likeness (QED) is 0.531. The van der Waals surface area contributed by atoms with Crippen LogP contribution >= 0.6 is 0 Å². The van der Waals surface area contributed by atoms with Gasteiger partial charge < -0.3 is 10.1 Å². The van der Waals surface area contributed by atoms with Gasteiger partial charge >= 0.3 is 5.97 Å². The van der Waals surface area contributed by atoms with Gasteiger partial charge in [0.2, 0.25) is 5.91 Å². The van der Waals surface area contributed by atoms with Crippen molar-refractivity contribution >= 4 is 11.9 Å². The molecule has 1 aliphatic heterocycles. The average Bonchev–Trinajstić information content (AvgIpc) is 2.52. The molecule has 0 spiro atoms.